The first-order valence-corrected chi connectivity index (χ1v) is 9.71. The molecule has 5 nitrogen and oxygen atoms in total. The Morgan fingerprint density at radius 2 is 1.66 bits per heavy atom. The minimum Gasteiger partial charge on any atom is -0.507 e. The standard InChI is InChI=1S/C23H22FNO4/c1-29-18-12-8-15(9-13-18)21(26)19-20(14-6-10-16(24)11-7-14)25(23(28)22(19)27)17-4-2-3-5-17/h6-13,17,20,26H,2-5H2,1H3/b21-19-. The molecule has 1 saturated carbocycles. The van der Waals surface area contributed by atoms with Crippen LogP contribution < -0.4 is 4.74 Å². The number of hydrogen-bond donors (Lipinski definition) is 1. The van der Waals surface area contributed by atoms with Gasteiger partial charge in [-0.15, -0.1) is 0 Å². The van der Waals surface area contributed by atoms with Crippen LogP contribution in [0.3, 0.4) is 0 Å². The van der Waals surface area contributed by atoms with Crippen molar-refractivity contribution in [3.63, 3.8) is 0 Å². The molecule has 1 aliphatic heterocycles. The SMILES string of the molecule is COc1ccc(/C(O)=C2/C(=O)C(=O)N(C3CCCC3)C2c2ccc(F)cc2)cc1. The van der Waals surface area contributed by atoms with E-state index in [4.69, 9.17) is 4.74 Å². The van der Waals surface area contributed by atoms with E-state index in [2.05, 4.69) is 0 Å². The minimum absolute atomic E-state index is 0.0404. The van der Waals surface area contributed by atoms with E-state index in [0.717, 1.165) is 25.7 Å². The number of ketones is 1. The zero-order chi connectivity index (χ0) is 20.5. The highest BCUT2D eigenvalue weighted by atomic mass is 19.1. The first kappa shape index (κ1) is 19.2. The van der Waals surface area contributed by atoms with Crippen LogP contribution in [0.5, 0.6) is 5.75 Å². The number of amides is 1. The fourth-order valence-corrected chi connectivity index (χ4v) is 4.29. The zero-order valence-corrected chi connectivity index (χ0v) is 16.1. The molecule has 2 aromatic rings. The van der Waals surface area contributed by atoms with Crippen molar-refractivity contribution >= 4 is 17.4 Å². The number of ether oxygens (including phenoxy) is 1. The van der Waals surface area contributed by atoms with Gasteiger partial charge in [-0.2, -0.15) is 0 Å². The van der Waals surface area contributed by atoms with Crippen molar-refractivity contribution in [1.82, 2.24) is 4.90 Å². The van der Waals surface area contributed by atoms with Gasteiger partial charge in [0.05, 0.1) is 18.7 Å². The summed E-state index contributed by atoms with van der Waals surface area (Å²) in [5.41, 5.74) is 1.06. The molecule has 2 aliphatic rings. The van der Waals surface area contributed by atoms with Crippen LogP contribution in [0.4, 0.5) is 4.39 Å². The van der Waals surface area contributed by atoms with Gasteiger partial charge in [0.2, 0.25) is 0 Å². The number of methoxy groups -OCH3 is 1. The average Bonchev–Trinajstić information content (AvgIpc) is 3.35. The second-order valence-electron chi connectivity index (χ2n) is 7.42. The lowest BCUT2D eigenvalue weighted by molar-refractivity contribution is -0.141. The molecular weight excluding hydrogens is 373 g/mol. The molecule has 1 amide bonds. The Morgan fingerprint density at radius 3 is 2.24 bits per heavy atom. The van der Waals surface area contributed by atoms with Gasteiger partial charge in [-0.25, -0.2) is 4.39 Å². The summed E-state index contributed by atoms with van der Waals surface area (Å²) in [6, 6.07) is 11.6. The number of likely N-dealkylation sites (tertiary alicyclic amines) is 1. The average molecular weight is 395 g/mol. The van der Waals surface area contributed by atoms with E-state index in [1.807, 2.05) is 0 Å². The van der Waals surface area contributed by atoms with Crippen LogP contribution in [-0.2, 0) is 9.59 Å². The van der Waals surface area contributed by atoms with Crippen LogP contribution >= 0.6 is 0 Å². The molecule has 1 N–H and O–H groups in total. The minimum atomic E-state index is -0.735. The largest absolute Gasteiger partial charge is 0.507 e. The van der Waals surface area contributed by atoms with Gasteiger partial charge in [0.25, 0.3) is 11.7 Å². The third-order valence-corrected chi connectivity index (χ3v) is 5.75. The number of carbonyl (C=O) groups excluding carboxylic acids is 2. The van der Waals surface area contributed by atoms with Crippen molar-refractivity contribution in [3.8, 4) is 5.75 Å². The molecule has 6 heteroatoms. The fourth-order valence-electron chi connectivity index (χ4n) is 4.29. The van der Waals surface area contributed by atoms with Crippen LogP contribution in [0, 0.1) is 5.82 Å². The molecule has 4 rings (SSSR count). The van der Waals surface area contributed by atoms with Gasteiger partial charge in [-0.1, -0.05) is 25.0 Å². The predicted molar refractivity (Wildman–Crippen MR) is 106 cm³/mol. The Hall–Kier alpha value is -3.15. The highest BCUT2D eigenvalue weighted by Gasteiger charge is 2.49. The maximum Gasteiger partial charge on any atom is 0.295 e. The number of hydrogen-bond acceptors (Lipinski definition) is 4. The maximum absolute atomic E-state index is 13.5. The number of benzene rings is 2. The summed E-state index contributed by atoms with van der Waals surface area (Å²) in [5, 5.41) is 11.0. The molecule has 0 bridgehead atoms. The molecule has 2 aromatic carbocycles. The Bertz CT molecular complexity index is 959. The summed E-state index contributed by atoms with van der Waals surface area (Å²) in [6.07, 6.45) is 3.60. The van der Waals surface area contributed by atoms with E-state index in [1.54, 1.807) is 41.3 Å². The molecule has 0 spiro atoms. The van der Waals surface area contributed by atoms with Gasteiger partial charge >= 0.3 is 0 Å². The summed E-state index contributed by atoms with van der Waals surface area (Å²) >= 11 is 0. The maximum atomic E-state index is 13.5. The van der Waals surface area contributed by atoms with E-state index in [0.29, 0.717) is 16.9 Å². The van der Waals surface area contributed by atoms with E-state index >= 15 is 0 Å². The van der Waals surface area contributed by atoms with Crippen LogP contribution in [0.15, 0.2) is 54.1 Å². The van der Waals surface area contributed by atoms with Crippen molar-refractivity contribution in [2.75, 3.05) is 7.11 Å². The molecule has 2 fully saturated rings. The molecule has 1 saturated heterocycles. The van der Waals surface area contributed by atoms with Crippen LogP contribution in [0.25, 0.3) is 5.76 Å². The van der Waals surface area contributed by atoms with Gasteiger partial charge in [0.1, 0.15) is 17.3 Å². The Morgan fingerprint density at radius 1 is 1.03 bits per heavy atom. The Kier molecular flexibility index (Phi) is 5.09. The quantitative estimate of drug-likeness (QED) is 0.479. The lowest BCUT2D eigenvalue weighted by atomic mass is 9.94. The number of carbonyl (C=O) groups is 2. The lowest BCUT2D eigenvalue weighted by Gasteiger charge is -2.30. The highest BCUT2D eigenvalue weighted by molar-refractivity contribution is 6.46. The summed E-state index contributed by atoms with van der Waals surface area (Å²) < 4.78 is 18.6. The van der Waals surface area contributed by atoms with Crippen LogP contribution in [0.1, 0.15) is 42.9 Å². The third kappa shape index (κ3) is 3.39. The van der Waals surface area contributed by atoms with E-state index in [1.165, 1.54) is 19.2 Å². The van der Waals surface area contributed by atoms with Crippen molar-refractivity contribution < 1.29 is 23.8 Å². The molecule has 1 atom stereocenters. The van der Waals surface area contributed by atoms with Crippen LogP contribution in [0.2, 0.25) is 0 Å². The van der Waals surface area contributed by atoms with Gasteiger partial charge in [0, 0.05) is 11.6 Å². The molecule has 0 aromatic heterocycles. The van der Waals surface area contributed by atoms with Crippen molar-refractivity contribution in [1.29, 1.82) is 0 Å². The monoisotopic (exact) mass is 395 g/mol. The molecule has 150 valence electrons. The number of aliphatic hydroxyl groups is 1. The first-order valence-electron chi connectivity index (χ1n) is 9.71. The molecule has 1 unspecified atom stereocenters. The lowest BCUT2D eigenvalue weighted by Crippen LogP contribution is -2.37. The van der Waals surface area contributed by atoms with Gasteiger partial charge in [-0.3, -0.25) is 9.59 Å². The highest BCUT2D eigenvalue weighted by Crippen LogP contribution is 2.43. The van der Waals surface area contributed by atoms with Gasteiger partial charge in [-0.05, 0) is 54.8 Å². The van der Waals surface area contributed by atoms with Crippen molar-refractivity contribution in [2.24, 2.45) is 0 Å². The molecule has 29 heavy (non-hydrogen) atoms. The fraction of sp³-hybridized carbons (Fsp3) is 0.304. The first-order chi connectivity index (χ1) is 14.0. The topological polar surface area (TPSA) is 66.8 Å². The summed E-state index contributed by atoms with van der Waals surface area (Å²) in [6.45, 7) is 0. The smallest absolute Gasteiger partial charge is 0.295 e. The normalized spacial score (nSPS) is 21.7. The second kappa shape index (κ2) is 7.70. The Labute approximate surface area is 168 Å². The summed E-state index contributed by atoms with van der Waals surface area (Å²) in [7, 11) is 1.54. The number of aliphatic hydroxyl groups excluding tert-OH is 1. The van der Waals surface area contributed by atoms with E-state index in [9.17, 15) is 19.1 Å². The zero-order valence-electron chi connectivity index (χ0n) is 16.1. The number of halogens is 1. The van der Waals surface area contributed by atoms with Gasteiger partial charge < -0.3 is 14.7 Å². The predicted octanol–water partition coefficient (Wildman–Crippen LogP) is 4.20. The number of Topliss-reactive ketones (excluding diaryl/α,β-unsaturated/α-hetero) is 1. The van der Waals surface area contributed by atoms with E-state index in [-0.39, 0.29) is 17.4 Å². The summed E-state index contributed by atoms with van der Waals surface area (Å²) in [4.78, 5) is 27.5. The van der Waals surface area contributed by atoms with E-state index < -0.39 is 23.5 Å². The molecule has 0 radical (unpaired) electrons. The second-order valence-corrected chi connectivity index (χ2v) is 7.42. The summed E-state index contributed by atoms with van der Waals surface area (Å²) in [5.74, 6) is -1.34. The molecule has 1 heterocycles. The van der Waals surface area contributed by atoms with Crippen LogP contribution in [-0.4, -0.2) is 34.8 Å². The van der Waals surface area contributed by atoms with Crippen molar-refractivity contribution in [2.45, 2.75) is 37.8 Å². The third-order valence-electron chi connectivity index (χ3n) is 5.75. The van der Waals surface area contributed by atoms with Crippen molar-refractivity contribution in [3.05, 3.63) is 71.0 Å². The Balaban J connectivity index is 1.85. The van der Waals surface area contributed by atoms with Gasteiger partial charge in [0.15, 0.2) is 0 Å². The molecule has 1 aliphatic carbocycles. The molecular formula is C23H22FNO4. The number of rotatable bonds is 4. The number of nitrogens with zero attached hydrogens (tertiary/aromatic N) is 1.